The Kier molecular flexibility index (Phi) is 3.45. The minimum absolute atomic E-state index is 0.150. The van der Waals surface area contributed by atoms with E-state index in [9.17, 15) is 4.57 Å². The van der Waals surface area contributed by atoms with Gasteiger partial charge in [0.2, 0.25) is 7.37 Å². The van der Waals surface area contributed by atoms with Gasteiger partial charge >= 0.3 is 0 Å². The molecule has 0 radical (unpaired) electrons. The number of hydrogen-bond acceptors (Lipinski definition) is 2. The molecule has 56 valence electrons. The quantitative estimate of drug-likeness (QED) is 0.577. The average Bonchev–Trinajstić information content (AvgIpc) is 1.65. The van der Waals surface area contributed by atoms with Crippen molar-refractivity contribution in [1.82, 2.24) is 0 Å². The van der Waals surface area contributed by atoms with Crippen LogP contribution in [0.5, 0.6) is 0 Å². The predicted octanol–water partition coefficient (Wildman–Crippen LogP) is 2.34. The molecule has 0 fully saturated rings. The zero-order chi connectivity index (χ0) is 7.49. The summed E-state index contributed by atoms with van der Waals surface area (Å²) < 4.78 is 16.3. The van der Waals surface area contributed by atoms with E-state index in [1.165, 1.54) is 0 Å². The van der Waals surface area contributed by atoms with Crippen LogP contribution in [-0.4, -0.2) is 18.9 Å². The van der Waals surface area contributed by atoms with Crippen molar-refractivity contribution < 1.29 is 9.09 Å². The number of rotatable bonds is 3. The maximum Gasteiger partial charge on any atom is 0.202 e. The highest BCUT2D eigenvalue weighted by Gasteiger charge is 2.19. The lowest BCUT2D eigenvalue weighted by Gasteiger charge is -2.15. The van der Waals surface area contributed by atoms with E-state index in [2.05, 4.69) is 0 Å². The largest absolute Gasteiger partial charge is 0.329 e. The van der Waals surface area contributed by atoms with E-state index in [0.717, 1.165) is 0 Å². The second kappa shape index (κ2) is 3.38. The van der Waals surface area contributed by atoms with Crippen molar-refractivity contribution in [3.8, 4) is 0 Å². The van der Waals surface area contributed by atoms with Gasteiger partial charge in [-0.25, -0.2) is 0 Å². The molecular formula is C6H15O2P. The zero-order valence-electron chi connectivity index (χ0n) is 6.55. The Morgan fingerprint density at radius 2 is 2.00 bits per heavy atom. The topological polar surface area (TPSA) is 26.3 Å². The van der Waals surface area contributed by atoms with Gasteiger partial charge in [0.15, 0.2) is 0 Å². The smallest absolute Gasteiger partial charge is 0.202 e. The predicted molar refractivity (Wildman–Crippen MR) is 40.3 cm³/mol. The average molecular weight is 150 g/mol. The van der Waals surface area contributed by atoms with Crippen LogP contribution in [0.3, 0.4) is 0 Å². The lowest BCUT2D eigenvalue weighted by atomic mass is 10.6. The molecule has 0 N–H and O–H groups in total. The van der Waals surface area contributed by atoms with Gasteiger partial charge in [-0.15, -0.1) is 0 Å². The van der Waals surface area contributed by atoms with Gasteiger partial charge in [0.1, 0.15) is 0 Å². The summed E-state index contributed by atoms with van der Waals surface area (Å²) in [4.78, 5) is 0. The molecule has 0 aliphatic rings. The maximum absolute atomic E-state index is 11.3. The van der Waals surface area contributed by atoms with Crippen molar-refractivity contribution in [2.45, 2.75) is 26.4 Å². The van der Waals surface area contributed by atoms with E-state index >= 15 is 0 Å². The summed E-state index contributed by atoms with van der Waals surface area (Å²) in [5.41, 5.74) is 0.150. The molecule has 0 aliphatic carbocycles. The highest BCUT2D eigenvalue weighted by Crippen LogP contribution is 2.47. The molecule has 0 amide bonds. The Labute approximate surface area is 57.1 Å². The summed E-state index contributed by atoms with van der Waals surface area (Å²) in [5.74, 6) is 0. The van der Waals surface area contributed by atoms with Crippen LogP contribution >= 0.6 is 7.37 Å². The summed E-state index contributed by atoms with van der Waals surface area (Å²) in [6, 6.07) is 0. The molecular weight excluding hydrogens is 135 g/mol. The van der Waals surface area contributed by atoms with Crippen LogP contribution in [0.25, 0.3) is 0 Å². The van der Waals surface area contributed by atoms with Crippen molar-refractivity contribution in [2.75, 3.05) is 13.3 Å². The second-order valence-electron chi connectivity index (χ2n) is 2.42. The van der Waals surface area contributed by atoms with Gasteiger partial charge in [-0.05, 0) is 6.92 Å². The fraction of sp³-hybridized carbons (Fsp3) is 1.00. The van der Waals surface area contributed by atoms with Crippen molar-refractivity contribution in [1.29, 1.82) is 0 Å². The van der Waals surface area contributed by atoms with Gasteiger partial charge in [0, 0.05) is 12.3 Å². The van der Waals surface area contributed by atoms with E-state index in [1.807, 2.05) is 20.8 Å². The molecule has 0 bridgehead atoms. The van der Waals surface area contributed by atoms with Gasteiger partial charge < -0.3 is 4.52 Å². The first-order chi connectivity index (χ1) is 4.00. The molecule has 0 rings (SSSR count). The normalized spacial score (nSPS) is 17.9. The highest BCUT2D eigenvalue weighted by molar-refractivity contribution is 7.58. The Bertz CT molecular complexity index is 120. The molecule has 0 saturated carbocycles. The molecule has 0 aromatic heterocycles. The zero-order valence-corrected chi connectivity index (χ0v) is 7.44. The SMILES string of the molecule is CCOP(C)(=O)C(C)C. The van der Waals surface area contributed by atoms with Crippen molar-refractivity contribution in [3.05, 3.63) is 0 Å². The summed E-state index contributed by atoms with van der Waals surface area (Å²) in [6.07, 6.45) is 0. The van der Waals surface area contributed by atoms with Crippen LogP contribution in [-0.2, 0) is 9.09 Å². The molecule has 9 heavy (non-hydrogen) atoms. The third-order valence-electron chi connectivity index (χ3n) is 1.32. The van der Waals surface area contributed by atoms with Crippen molar-refractivity contribution in [2.24, 2.45) is 0 Å². The summed E-state index contributed by atoms with van der Waals surface area (Å²) in [7, 11) is -2.26. The van der Waals surface area contributed by atoms with Crippen LogP contribution in [0.15, 0.2) is 0 Å². The fourth-order valence-electron chi connectivity index (χ4n) is 0.405. The van der Waals surface area contributed by atoms with Crippen molar-refractivity contribution >= 4 is 7.37 Å². The van der Waals surface area contributed by atoms with Crippen LogP contribution in [0, 0.1) is 0 Å². The van der Waals surface area contributed by atoms with Crippen LogP contribution in [0.4, 0.5) is 0 Å². The van der Waals surface area contributed by atoms with Gasteiger partial charge in [-0.3, -0.25) is 4.57 Å². The fourth-order valence-corrected chi connectivity index (χ4v) is 1.22. The minimum Gasteiger partial charge on any atom is -0.329 e. The third kappa shape index (κ3) is 3.02. The molecule has 0 spiro atoms. The molecule has 0 aromatic carbocycles. The Morgan fingerprint density at radius 3 is 2.11 bits per heavy atom. The van der Waals surface area contributed by atoms with Gasteiger partial charge in [-0.2, -0.15) is 0 Å². The summed E-state index contributed by atoms with van der Waals surface area (Å²) in [5, 5.41) is 0. The Balaban J connectivity index is 3.87. The monoisotopic (exact) mass is 150 g/mol. The van der Waals surface area contributed by atoms with Crippen LogP contribution < -0.4 is 0 Å². The van der Waals surface area contributed by atoms with Gasteiger partial charge in [0.05, 0.1) is 6.61 Å². The minimum atomic E-state index is -2.26. The molecule has 2 nitrogen and oxygen atoms in total. The van der Waals surface area contributed by atoms with E-state index in [0.29, 0.717) is 6.61 Å². The highest BCUT2D eigenvalue weighted by atomic mass is 31.2. The summed E-state index contributed by atoms with van der Waals surface area (Å²) in [6.45, 7) is 7.92. The van der Waals surface area contributed by atoms with E-state index in [-0.39, 0.29) is 5.66 Å². The maximum atomic E-state index is 11.3. The molecule has 0 aliphatic heterocycles. The van der Waals surface area contributed by atoms with Crippen molar-refractivity contribution in [3.63, 3.8) is 0 Å². The molecule has 1 unspecified atom stereocenters. The van der Waals surface area contributed by atoms with Crippen LogP contribution in [0.1, 0.15) is 20.8 Å². The lowest BCUT2D eigenvalue weighted by Crippen LogP contribution is -1.99. The number of hydrogen-bond donors (Lipinski definition) is 0. The first-order valence-corrected chi connectivity index (χ1v) is 5.36. The molecule has 1 atom stereocenters. The van der Waals surface area contributed by atoms with E-state index in [4.69, 9.17) is 4.52 Å². The third-order valence-corrected chi connectivity index (χ3v) is 3.97. The van der Waals surface area contributed by atoms with Gasteiger partial charge in [-0.1, -0.05) is 13.8 Å². The van der Waals surface area contributed by atoms with E-state index in [1.54, 1.807) is 6.66 Å². The van der Waals surface area contributed by atoms with E-state index < -0.39 is 7.37 Å². The first kappa shape index (κ1) is 9.19. The lowest BCUT2D eigenvalue weighted by molar-refractivity contribution is 0.332. The standard InChI is InChI=1S/C6H15O2P/c1-5-8-9(4,7)6(2)3/h6H,5H2,1-4H3. The summed E-state index contributed by atoms with van der Waals surface area (Å²) >= 11 is 0. The van der Waals surface area contributed by atoms with Gasteiger partial charge in [0.25, 0.3) is 0 Å². The Hall–Kier alpha value is 0.190. The molecule has 0 heterocycles. The first-order valence-electron chi connectivity index (χ1n) is 3.22. The molecule has 0 saturated heterocycles. The Morgan fingerprint density at radius 1 is 1.56 bits per heavy atom. The molecule has 3 heteroatoms. The van der Waals surface area contributed by atoms with Crippen LogP contribution in [0.2, 0.25) is 0 Å². The molecule has 0 aromatic rings. The second-order valence-corrected chi connectivity index (χ2v) is 5.53.